The molecule has 1 aliphatic heterocycles. The lowest BCUT2D eigenvalue weighted by atomic mass is 10.00. The van der Waals surface area contributed by atoms with Crippen LogP contribution >= 0.6 is 15.9 Å². The van der Waals surface area contributed by atoms with Crippen molar-refractivity contribution in [3.05, 3.63) is 58.2 Å². The zero-order chi connectivity index (χ0) is 21.0. The maximum Gasteiger partial charge on any atom is 0.259 e. The Kier molecular flexibility index (Phi) is 7.27. The lowest BCUT2D eigenvalue weighted by Crippen LogP contribution is -2.49. The predicted octanol–water partition coefficient (Wildman–Crippen LogP) is 3.20. The molecule has 156 valence electrons. The number of pyridine rings is 1. The fourth-order valence-corrected chi connectivity index (χ4v) is 3.89. The van der Waals surface area contributed by atoms with Crippen LogP contribution in [0.2, 0.25) is 0 Å². The van der Waals surface area contributed by atoms with Gasteiger partial charge in [0.1, 0.15) is 11.7 Å². The third-order valence-corrected chi connectivity index (χ3v) is 5.71. The van der Waals surface area contributed by atoms with Crippen molar-refractivity contribution in [2.75, 3.05) is 26.7 Å². The van der Waals surface area contributed by atoms with Crippen LogP contribution in [0.15, 0.2) is 47.1 Å². The number of aliphatic hydroxyl groups is 1. The van der Waals surface area contributed by atoms with Gasteiger partial charge in [-0.2, -0.15) is 0 Å². The van der Waals surface area contributed by atoms with Crippen LogP contribution in [-0.4, -0.2) is 64.7 Å². The van der Waals surface area contributed by atoms with Gasteiger partial charge in [0.15, 0.2) is 0 Å². The van der Waals surface area contributed by atoms with Crippen LogP contribution in [0.3, 0.4) is 0 Å². The molecule has 0 spiro atoms. The number of aliphatic hydroxyl groups excluding tert-OH is 1. The molecule has 29 heavy (non-hydrogen) atoms. The zero-order valence-electron chi connectivity index (χ0n) is 17.1. The molecule has 3 atom stereocenters. The highest BCUT2D eigenvalue weighted by Crippen LogP contribution is 2.28. The summed E-state index contributed by atoms with van der Waals surface area (Å²) >= 11 is 3.39. The average molecular weight is 462 g/mol. The Labute approximate surface area is 180 Å². The lowest BCUT2D eigenvalue weighted by Gasteiger charge is -2.37. The highest BCUT2D eigenvalue weighted by Gasteiger charge is 2.34. The van der Waals surface area contributed by atoms with Crippen LogP contribution in [-0.2, 0) is 6.54 Å². The van der Waals surface area contributed by atoms with Gasteiger partial charge in [0.05, 0.1) is 12.6 Å². The Hall–Kier alpha value is -1.96. The molecule has 0 aliphatic carbocycles. The zero-order valence-corrected chi connectivity index (χ0v) is 18.7. The highest BCUT2D eigenvalue weighted by molar-refractivity contribution is 9.10. The van der Waals surface area contributed by atoms with Crippen molar-refractivity contribution in [2.45, 2.75) is 32.5 Å². The van der Waals surface area contributed by atoms with E-state index in [4.69, 9.17) is 4.74 Å². The number of likely N-dealkylation sites (N-methyl/N-ethyl adjacent to an activating group) is 1. The summed E-state index contributed by atoms with van der Waals surface area (Å²) < 4.78 is 6.98. The second kappa shape index (κ2) is 9.69. The molecule has 7 heteroatoms. The number of rotatable bonds is 6. The van der Waals surface area contributed by atoms with Gasteiger partial charge in [-0.25, -0.2) is 4.98 Å². The number of amides is 1. The van der Waals surface area contributed by atoms with Gasteiger partial charge in [-0.3, -0.25) is 9.69 Å². The number of carbonyl (C=O) groups is 1. The number of hydrogen-bond donors (Lipinski definition) is 1. The first-order chi connectivity index (χ1) is 13.9. The molecular weight excluding hydrogens is 434 g/mol. The molecule has 2 aromatic rings. The number of ether oxygens (including phenoxy) is 1. The largest absolute Gasteiger partial charge is 0.472 e. The minimum Gasteiger partial charge on any atom is -0.472 e. The third-order valence-electron chi connectivity index (χ3n) is 5.27. The third kappa shape index (κ3) is 5.35. The summed E-state index contributed by atoms with van der Waals surface area (Å²) in [5, 5.41) is 9.67. The molecule has 1 aromatic heterocycles. The van der Waals surface area contributed by atoms with Crippen LogP contribution in [0.1, 0.15) is 29.8 Å². The summed E-state index contributed by atoms with van der Waals surface area (Å²) in [6.45, 7) is 5.86. The van der Waals surface area contributed by atoms with Gasteiger partial charge in [0.2, 0.25) is 5.88 Å². The molecule has 2 heterocycles. The van der Waals surface area contributed by atoms with Crippen LogP contribution in [0.5, 0.6) is 5.88 Å². The molecule has 3 rings (SSSR count). The number of halogens is 1. The molecule has 1 aromatic carbocycles. The summed E-state index contributed by atoms with van der Waals surface area (Å²) in [6.07, 6.45) is 1.50. The summed E-state index contributed by atoms with van der Waals surface area (Å²) in [5.74, 6) is 0.251. The van der Waals surface area contributed by atoms with Crippen molar-refractivity contribution in [2.24, 2.45) is 5.92 Å². The number of nitrogens with zero attached hydrogens (tertiary/aromatic N) is 3. The van der Waals surface area contributed by atoms with Crippen molar-refractivity contribution in [3.8, 4) is 5.88 Å². The predicted molar refractivity (Wildman–Crippen MR) is 116 cm³/mol. The first kappa shape index (κ1) is 21.7. The molecule has 0 bridgehead atoms. The monoisotopic (exact) mass is 461 g/mol. The smallest absolute Gasteiger partial charge is 0.259 e. The molecule has 1 amide bonds. The van der Waals surface area contributed by atoms with Gasteiger partial charge >= 0.3 is 0 Å². The van der Waals surface area contributed by atoms with E-state index >= 15 is 0 Å². The number of aromatic nitrogens is 1. The van der Waals surface area contributed by atoms with E-state index in [2.05, 4.69) is 51.9 Å². The highest BCUT2D eigenvalue weighted by atomic mass is 79.9. The Morgan fingerprint density at radius 1 is 1.38 bits per heavy atom. The second-order valence-electron chi connectivity index (χ2n) is 7.81. The van der Waals surface area contributed by atoms with Gasteiger partial charge < -0.3 is 14.7 Å². The Bertz CT molecular complexity index is 833. The summed E-state index contributed by atoms with van der Waals surface area (Å²) in [5.41, 5.74) is 1.66. The number of fused-ring (bicyclic) bond motifs is 1. The molecule has 6 nitrogen and oxygen atoms in total. The minimum absolute atomic E-state index is 0.0739. The van der Waals surface area contributed by atoms with Crippen molar-refractivity contribution in [3.63, 3.8) is 0 Å². The van der Waals surface area contributed by atoms with E-state index < -0.39 is 0 Å². The fourth-order valence-electron chi connectivity index (χ4n) is 3.56. The van der Waals surface area contributed by atoms with Gasteiger partial charge in [-0.15, -0.1) is 0 Å². The molecule has 0 saturated heterocycles. The molecule has 1 aliphatic rings. The number of hydrogen-bond acceptors (Lipinski definition) is 5. The van der Waals surface area contributed by atoms with Crippen molar-refractivity contribution < 1.29 is 14.6 Å². The van der Waals surface area contributed by atoms with Gasteiger partial charge in [0, 0.05) is 36.2 Å². The van der Waals surface area contributed by atoms with Gasteiger partial charge in [0.25, 0.3) is 5.91 Å². The van der Waals surface area contributed by atoms with Gasteiger partial charge in [-0.1, -0.05) is 37.3 Å². The van der Waals surface area contributed by atoms with Crippen molar-refractivity contribution >= 4 is 21.8 Å². The molecular formula is C22H28BrN3O3. The summed E-state index contributed by atoms with van der Waals surface area (Å²) in [6, 6.07) is 11.8. The van der Waals surface area contributed by atoms with Crippen LogP contribution in [0, 0.1) is 5.92 Å². The van der Waals surface area contributed by atoms with Crippen LogP contribution in [0.4, 0.5) is 0 Å². The molecule has 0 fully saturated rings. The SMILES string of the molecule is C[C@@H]1CN([C@@H](C)CO)C(=O)c2cc(Br)cnc2O[C@@H]1CN(C)Cc1ccccc1. The number of carbonyl (C=O) groups excluding carboxylic acids is 1. The van der Waals surface area contributed by atoms with Crippen LogP contribution in [0.25, 0.3) is 0 Å². The van der Waals surface area contributed by atoms with Crippen molar-refractivity contribution in [1.29, 1.82) is 0 Å². The van der Waals surface area contributed by atoms with Crippen LogP contribution < -0.4 is 4.74 Å². The van der Waals surface area contributed by atoms with E-state index in [0.29, 0.717) is 24.5 Å². The van der Waals surface area contributed by atoms with E-state index in [1.165, 1.54) is 5.56 Å². The molecule has 0 saturated carbocycles. The first-order valence-corrected chi connectivity index (χ1v) is 10.6. The van der Waals surface area contributed by atoms with E-state index in [9.17, 15) is 9.90 Å². The van der Waals surface area contributed by atoms with Gasteiger partial charge in [-0.05, 0) is 41.5 Å². The number of benzene rings is 1. The maximum atomic E-state index is 13.1. The summed E-state index contributed by atoms with van der Waals surface area (Å²) in [7, 11) is 2.07. The van der Waals surface area contributed by atoms with E-state index in [1.807, 2.05) is 25.1 Å². The maximum absolute atomic E-state index is 13.1. The minimum atomic E-state index is -0.280. The topological polar surface area (TPSA) is 65.9 Å². The second-order valence-corrected chi connectivity index (χ2v) is 8.73. The Morgan fingerprint density at radius 2 is 2.10 bits per heavy atom. The summed E-state index contributed by atoms with van der Waals surface area (Å²) in [4.78, 5) is 21.4. The molecule has 1 N–H and O–H groups in total. The van der Waals surface area contributed by atoms with E-state index in [-0.39, 0.29) is 30.6 Å². The Balaban J connectivity index is 1.85. The fraction of sp³-hybridized carbons (Fsp3) is 0.455. The normalized spacial score (nSPS) is 20.6. The van der Waals surface area contributed by atoms with E-state index in [1.54, 1.807) is 17.2 Å². The Morgan fingerprint density at radius 3 is 2.79 bits per heavy atom. The lowest BCUT2D eigenvalue weighted by molar-refractivity contribution is 0.0325. The quantitative estimate of drug-likeness (QED) is 0.715. The first-order valence-electron chi connectivity index (χ1n) is 9.85. The van der Waals surface area contributed by atoms with E-state index in [0.717, 1.165) is 11.0 Å². The standard InChI is InChI=1S/C22H28BrN3O3/c1-15-11-26(16(2)14-27)22(28)19-9-18(23)10-24-21(19)29-20(15)13-25(3)12-17-7-5-4-6-8-17/h4-10,15-16,20,27H,11-14H2,1-3H3/t15-,16+,20-/m1/s1. The molecule has 0 unspecified atom stereocenters. The molecule has 0 radical (unpaired) electrons. The average Bonchev–Trinajstić information content (AvgIpc) is 2.71. The van der Waals surface area contributed by atoms with Crippen molar-refractivity contribution in [1.82, 2.24) is 14.8 Å².